The molecule has 1 heterocycles. The normalized spacial score (nSPS) is 16.0. The fourth-order valence-corrected chi connectivity index (χ4v) is 2.66. The van der Waals surface area contributed by atoms with Gasteiger partial charge in [-0.2, -0.15) is 0 Å². The van der Waals surface area contributed by atoms with Crippen molar-refractivity contribution in [2.45, 2.75) is 19.4 Å². The van der Waals surface area contributed by atoms with Crippen molar-refractivity contribution in [1.82, 2.24) is 5.32 Å². The van der Waals surface area contributed by atoms with Crippen LogP contribution in [0.4, 0.5) is 5.69 Å². The number of nitrogens with one attached hydrogen (secondary N) is 2. The molecule has 0 unspecified atom stereocenters. The predicted octanol–water partition coefficient (Wildman–Crippen LogP) is 2.91. The second-order valence-electron chi connectivity index (χ2n) is 5.33. The molecular weight excluding hydrogens is 276 g/mol. The van der Waals surface area contributed by atoms with Crippen molar-refractivity contribution in [1.29, 1.82) is 0 Å². The summed E-state index contributed by atoms with van der Waals surface area (Å²) in [5.74, 6) is 0.542. The quantitative estimate of drug-likeness (QED) is 0.892. The summed E-state index contributed by atoms with van der Waals surface area (Å²) in [6.45, 7) is 4.10. The van der Waals surface area contributed by atoms with Gasteiger partial charge in [0, 0.05) is 17.8 Å². The Morgan fingerprint density at radius 2 is 1.95 bits per heavy atom. The third-order valence-electron chi connectivity index (χ3n) is 3.86. The second-order valence-corrected chi connectivity index (χ2v) is 5.33. The minimum Gasteiger partial charge on any atom is -0.492 e. The zero-order chi connectivity index (χ0) is 15.4. The molecule has 0 saturated carbocycles. The van der Waals surface area contributed by atoms with Crippen LogP contribution in [0.5, 0.6) is 5.75 Å². The second kappa shape index (κ2) is 6.62. The molecule has 4 nitrogen and oxygen atoms in total. The Bertz CT molecular complexity index is 670. The SMILES string of the molecule is CCNCc1ccccc1NC(=O)[C@@H]1COc2ccccc21. The van der Waals surface area contributed by atoms with Gasteiger partial charge in [-0.3, -0.25) is 4.79 Å². The van der Waals surface area contributed by atoms with Crippen LogP contribution in [0.1, 0.15) is 24.0 Å². The van der Waals surface area contributed by atoms with Gasteiger partial charge in [0.05, 0.1) is 0 Å². The summed E-state index contributed by atoms with van der Waals surface area (Å²) in [6.07, 6.45) is 0. The van der Waals surface area contributed by atoms with E-state index in [2.05, 4.69) is 17.6 Å². The highest BCUT2D eigenvalue weighted by Gasteiger charge is 2.30. The van der Waals surface area contributed by atoms with Gasteiger partial charge >= 0.3 is 0 Å². The lowest BCUT2D eigenvalue weighted by Crippen LogP contribution is -2.23. The zero-order valence-electron chi connectivity index (χ0n) is 12.6. The lowest BCUT2D eigenvalue weighted by molar-refractivity contribution is -0.117. The highest BCUT2D eigenvalue weighted by Crippen LogP contribution is 2.34. The van der Waals surface area contributed by atoms with Gasteiger partial charge in [-0.1, -0.05) is 43.3 Å². The molecular formula is C18H20N2O2. The molecule has 114 valence electrons. The van der Waals surface area contributed by atoms with E-state index in [1.807, 2.05) is 48.5 Å². The van der Waals surface area contributed by atoms with Crippen molar-refractivity contribution in [3.63, 3.8) is 0 Å². The maximum absolute atomic E-state index is 12.6. The Morgan fingerprint density at radius 3 is 2.82 bits per heavy atom. The lowest BCUT2D eigenvalue weighted by Gasteiger charge is -2.14. The molecule has 2 aromatic carbocycles. The molecule has 1 aliphatic heterocycles. The van der Waals surface area contributed by atoms with Crippen LogP contribution < -0.4 is 15.4 Å². The molecule has 3 rings (SSSR count). The van der Waals surface area contributed by atoms with E-state index in [-0.39, 0.29) is 11.8 Å². The molecule has 0 spiro atoms. The maximum atomic E-state index is 12.6. The third-order valence-corrected chi connectivity index (χ3v) is 3.86. The minimum absolute atomic E-state index is 0.0195. The highest BCUT2D eigenvalue weighted by atomic mass is 16.5. The first-order valence-corrected chi connectivity index (χ1v) is 7.60. The lowest BCUT2D eigenvalue weighted by atomic mass is 10.00. The molecule has 0 saturated heterocycles. The largest absolute Gasteiger partial charge is 0.492 e. The number of hydrogen-bond donors (Lipinski definition) is 2. The monoisotopic (exact) mass is 296 g/mol. The zero-order valence-corrected chi connectivity index (χ0v) is 12.6. The number of benzene rings is 2. The van der Waals surface area contributed by atoms with Gasteiger partial charge in [0.2, 0.25) is 5.91 Å². The molecule has 1 atom stereocenters. The predicted molar refractivity (Wildman–Crippen MR) is 87.1 cm³/mol. The number of ether oxygens (including phenoxy) is 1. The standard InChI is InChI=1S/C18H20N2O2/c1-2-19-11-13-7-3-5-9-16(13)20-18(21)15-12-22-17-10-6-4-8-14(15)17/h3-10,15,19H,2,11-12H2,1H3,(H,20,21)/t15-/m1/s1. The molecule has 0 aromatic heterocycles. The first-order valence-electron chi connectivity index (χ1n) is 7.60. The van der Waals surface area contributed by atoms with E-state index in [9.17, 15) is 4.79 Å². The van der Waals surface area contributed by atoms with E-state index in [0.717, 1.165) is 35.7 Å². The first kappa shape index (κ1) is 14.6. The Kier molecular flexibility index (Phi) is 4.39. The number of amides is 1. The van der Waals surface area contributed by atoms with Gasteiger partial charge < -0.3 is 15.4 Å². The van der Waals surface area contributed by atoms with Gasteiger partial charge in [-0.25, -0.2) is 0 Å². The molecule has 0 bridgehead atoms. The number of carbonyl (C=O) groups excluding carboxylic acids is 1. The van der Waals surface area contributed by atoms with Crippen molar-refractivity contribution in [2.75, 3.05) is 18.5 Å². The van der Waals surface area contributed by atoms with Gasteiger partial charge in [-0.15, -0.1) is 0 Å². The average Bonchev–Trinajstić information content (AvgIpc) is 2.98. The molecule has 0 aliphatic carbocycles. The highest BCUT2D eigenvalue weighted by molar-refractivity contribution is 5.97. The van der Waals surface area contributed by atoms with Crippen LogP contribution in [-0.2, 0) is 11.3 Å². The van der Waals surface area contributed by atoms with Crippen LogP contribution in [0.2, 0.25) is 0 Å². The number of anilines is 1. The van der Waals surface area contributed by atoms with E-state index in [1.165, 1.54) is 0 Å². The maximum Gasteiger partial charge on any atom is 0.235 e. The Balaban J connectivity index is 1.76. The van der Waals surface area contributed by atoms with Crippen molar-refractivity contribution in [3.05, 3.63) is 59.7 Å². The van der Waals surface area contributed by atoms with Gasteiger partial charge in [0.25, 0.3) is 0 Å². The molecule has 1 amide bonds. The van der Waals surface area contributed by atoms with E-state index in [0.29, 0.717) is 6.61 Å². The molecule has 0 fully saturated rings. The number of fused-ring (bicyclic) bond motifs is 1. The van der Waals surface area contributed by atoms with E-state index < -0.39 is 0 Å². The first-order chi connectivity index (χ1) is 10.8. The Hall–Kier alpha value is -2.33. The van der Waals surface area contributed by atoms with E-state index >= 15 is 0 Å². The number of rotatable bonds is 5. The fraction of sp³-hybridized carbons (Fsp3) is 0.278. The molecule has 2 aromatic rings. The molecule has 0 radical (unpaired) electrons. The van der Waals surface area contributed by atoms with Crippen LogP contribution in [0.15, 0.2) is 48.5 Å². The summed E-state index contributed by atoms with van der Waals surface area (Å²) in [5, 5.41) is 6.33. The number of carbonyl (C=O) groups is 1. The molecule has 2 N–H and O–H groups in total. The number of hydrogen-bond acceptors (Lipinski definition) is 3. The molecule has 1 aliphatic rings. The van der Waals surface area contributed by atoms with Crippen molar-refractivity contribution in [2.24, 2.45) is 0 Å². The topological polar surface area (TPSA) is 50.4 Å². The van der Waals surface area contributed by atoms with Crippen LogP contribution in [0.25, 0.3) is 0 Å². The van der Waals surface area contributed by atoms with Gasteiger partial charge in [0.15, 0.2) is 0 Å². The smallest absolute Gasteiger partial charge is 0.235 e. The Morgan fingerprint density at radius 1 is 1.18 bits per heavy atom. The van der Waals surface area contributed by atoms with Crippen LogP contribution in [-0.4, -0.2) is 19.1 Å². The average molecular weight is 296 g/mol. The summed E-state index contributed by atoms with van der Waals surface area (Å²) in [6, 6.07) is 15.6. The van der Waals surface area contributed by atoms with Gasteiger partial charge in [0.1, 0.15) is 18.3 Å². The Labute approximate surface area is 130 Å². The summed E-state index contributed by atoms with van der Waals surface area (Å²) < 4.78 is 5.59. The van der Waals surface area contributed by atoms with Gasteiger partial charge in [-0.05, 0) is 24.2 Å². The summed E-state index contributed by atoms with van der Waals surface area (Å²) >= 11 is 0. The van der Waals surface area contributed by atoms with Crippen molar-refractivity contribution < 1.29 is 9.53 Å². The van der Waals surface area contributed by atoms with Crippen molar-refractivity contribution >= 4 is 11.6 Å². The molecule has 22 heavy (non-hydrogen) atoms. The molecule has 4 heteroatoms. The fourth-order valence-electron chi connectivity index (χ4n) is 2.66. The summed E-state index contributed by atoms with van der Waals surface area (Å²) in [5.41, 5.74) is 2.91. The van der Waals surface area contributed by atoms with Crippen LogP contribution in [0.3, 0.4) is 0 Å². The van der Waals surface area contributed by atoms with Crippen molar-refractivity contribution in [3.8, 4) is 5.75 Å². The summed E-state index contributed by atoms with van der Waals surface area (Å²) in [7, 11) is 0. The van der Waals surface area contributed by atoms with Crippen LogP contribution in [0, 0.1) is 0 Å². The number of para-hydroxylation sites is 2. The summed E-state index contributed by atoms with van der Waals surface area (Å²) in [4.78, 5) is 12.6. The van der Waals surface area contributed by atoms with E-state index in [4.69, 9.17) is 4.74 Å². The minimum atomic E-state index is -0.247. The third kappa shape index (κ3) is 2.97. The van der Waals surface area contributed by atoms with Crippen LogP contribution >= 0.6 is 0 Å². The van der Waals surface area contributed by atoms with E-state index in [1.54, 1.807) is 0 Å².